The van der Waals surface area contributed by atoms with E-state index in [9.17, 15) is 4.21 Å². The smallest absolute Gasteiger partial charge is 0.261 e. The van der Waals surface area contributed by atoms with E-state index in [1.54, 1.807) is 0 Å². The van der Waals surface area contributed by atoms with E-state index in [1.807, 2.05) is 63.2 Å². The highest BCUT2D eigenvalue weighted by Crippen LogP contribution is 2.36. The molecular weight excluding hydrogens is 442 g/mol. The molecule has 0 bridgehead atoms. The first-order valence-electron chi connectivity index (χ1n) is 11.4. The van der Waals surface area contributed by atoms with Gasteiger partial charge in [-0.15, -0.1) is 0 Å². The summed E-state index contributed by atoms with van der Waals surface area (Å²) in [6.45, 7) is 12.9. The molecule has 0 heterocycles. The van der Waals surface area contributed by atoms with Gasteiger partial charge >= 0.3 is 0 Å². The molecule has 5 heteroatoms. The Balaban J connectivity index is 2.14. The average Bonchev–Trinajstić information content (AvgIpc) is 2.79. The highest BCUT2D eigenvalue weighted by molar-refractivity contribution is 7.85. The molecule has 0 saturated carbocycles. The van der Waals surface area contributed by atoms with E-state index >= 15 is 0 Å². The van der Waals surface area contributed by atoms with E-state index in [4.69, 9.17) is 4.43 Å². The van der Waals surface area contributed by atoms with Crippen LogP contribution in [0.4, 0.5) is 0 Å². The van der Waals surface area contributed by atoms with E-state index in [0.717, 1.165) is 11.3 Å². The molecule has 3 nitrogen and oxygen atoms in total. The molecule has 0 amide bonds. The molecule has 3 aromatic rings. The van der Waals surface area contributed by atoms with Gasteiger partial charge in [0.1, 0.15) is 11.0 Å². The van der Waals surface area contributed by atoms with Crippen molar-refractivity contribution in [3.8, 4) is 0 Å². The number of benzene rings is 3. The summed E-state index contributed by atoms with van der Waals surface area (Å²) in [4.78, 5) is 0. The van der Waals surface area contributed by atoms with Crippen LogP contribution in [0.5, 0.6) is 0 Å². The van der Waals surface area contributed by atoms with Gasteiger partial charge in [0, 0.05) is 0 Å². The maximum atomic E-state index is 13.0. The van der Waals surface area contributed by atoms with Crippen molar-refractivity contribution in [2.45, 2.75) is 51.3 Å². The van der Waals surface area contributed by atoms with Gasteiger partial charge in [-0.1, -0.05) is 112 Å². The number of nitrogens with zero attached hydrogens (tertiary/aromatic N) is 1. The fourth-order valence-corrected chi connectivity index (χ4v) is 9.11. The minimum atomic E-state index is -2.72. The maximum Gasteiger partial charge on any atom is 0.261 e. The summed E-state index contributed by atoms with van der Waals surface area (Å²) in [6, 6.07) is 31.1. The Hall–Kier alpha value is -2.34. The van der Waals surface area contributed by atoms with Crippen molar-refractivity contribution in [1.82, 2.24) is 0 Å². The summed E-state index contributed by atoms with van der Waals surface area (Å²) in [5.74, 6) is 0. The van der Waals surface area contributed by atoms with Crippen molar-refractivity contribution in [2.75, 3.05) is 6.61 Å². The van der Waals surface area contributed by atoms with Gasteiger partial charge in [0.25, 0.3) is 8.32 Å². The van der Waals surface area contributed by atoms with Gasteiger partial charge < -0.3 is 4.43 Å². The van der Waals surface area contributed by atoms with Crippen molar-refractivity contribution in [2.24, 2.45) is 4.40 Å². The van der Waals surface area contributed by atoms with Gasteiger partial charge in [-0.2, -0.15) is 4.40 Å². The quantitative estimate of drug-likeness (QED) is 0.332. The lowest BCUT2D eigenvalue weighted by Crippen LogP contribution is -2.67. The van der Waals surface area contributed by atoms with Crippen LogP contribution in [0, 0.1) is 0 Å². The number of hydrogen-bond donors (Lipinski definition) is 0. The Morgan fingerprint density at radius 3 is 1.58 bits per heavy atom. The lowest BCUT2D eigenvalue weighted by molar-refractivity contribution is 0.352. The summed E-state index contributed by atoms with van der Waals surface area (Å²) in [5, 5.41) is 2.29. The first-order chi connectivity index (χ1) is 15.6. The molecule has 0 aromatic heterocycles. The molecule has 0 saturated heterocycles. The molecule has 1 atom stereocenters. The minimum Gasteiger partial charge on any atom is -0.401 e. The van der Waals surface area contributed by atoms with Gasteiger partial charge in [0.05, 0.1) is 17.1 Å². The van der Waals surface area contributed by atoms with Crippen LogP contribution in [0.1, 0.15) is 47.1 Å². The average molecular weight is 478 g/mol. The Morgan fingerprint density at radius 2 is 1.18 bits per heavy atom. The molecule has 0 unspecified atom stereocenters. The number of hydrogen-bond acceptors (Lipinski definition) is 2. The maximum absolute atomic E-state index is 13.0. The highest BCUT2D eigenvalue weighted by Gasteiger charge is 2.50. The molecule has 174 valence electrons. The van der Waals surface area contributed by atoms with Crippen molar-refractivity contribution in [1.29, 1.82) is 0 Å². The minimum absolute atomic E-state index is 0.138. The molecule has 0 aliphatic rings. The van der Waals surface area contributed by atoms with Gasteiger partial charge in [-0.25, -0.2) is 4.21 Å². The second-order valence-electron chi connectivity index (χ2n) is 10.2. The molecule has 0 aliphatic carbocycles. The summed E-state index contributed by atoms with van der Waals surface area (Å²) >= 11 is 0. The Labute approximate surface area is 202 Å². The summed E-state index contributed by atoms with van der Waals surface area (Å²) in [6.07, 6.45) is 0. The molecule has 33 heavy (non-hydrogen) atoms. The third-order valence-electron chi connectivity index (χ3n) is 5.67. The summed E-state index contributed by atoms with van der Waals surface area (Å²) in [7, 11) is -4.10. The van der Waals surface area contributed by atoms with Crippen molar-refractivity contribution < 1.29 is 8.63 Å². The molecule has 3 rings (SSSR count). The molecule has 0 fully saturated rings. The van der Waals surface area contributed by atoms with Crippen LogP contribution >= 0.6 is 0 Å². The van der Waals surface area contributed by atoms with E-state index in [2.05, 4.69) is 73.7 Å². The fourth-order valence-electron chi connectivity index (χ4n) is 3.97. The molecule has 0 N–H and O–H groups in total. The lowest BCUT2D eigenvalue weighted by Gasteiger charge is -2.43. The first kappa shape index (κ1) is 25.3. The normalized spacial score (nSPS) is 14.2. The third kappa shape index (κ3) is 5.78. The SMILES string of the molecule is CC(C)(C)[S@@](=O)/N=C(\CO[Si](c1ccccc1)(c1ccccc1)C(C)(C)C)c1ccccc1. The molecule has 3 aromatic carbocycles. The largest absolute Gasteiger partial charge is 0.401 e. The fraction of sp³-hybridized carbons (Fsp3) is 0.321. The van der Waals surface area contributed by atoms with Gasteiger partial charge in [-0.05, 0) is 41.7 Å². The first-order valence-corrected chi connectivity index (χ1v) is 14.4. The van der Waals surface area contributed by atoms with Gasteiger partial charge in [0.15, 0.2) is 0 Å². The zero-order chi connectivity index (χ0) is 24.1. The highest BCUT2D eigenvalue weighted by atomic mass is 32.2. The van der Waals surface area contributed by atoms with Crippen LogP contribution in [0.15, 0.2) is 95.4 Å². The van der Waals surface area contributed by atoms with E-state index < -0.39 is 24.1 Å². The molecular formula is C28H35NO2SSi. The lowest BCUT2D eigenvalue weighted by atomic mass is 10.1. The summed E-state index contributed by atoms with van der Waals surface area (Å²) in [5.41, 5.74) is 1.66. The Morgan fingerprint density at radius 1 is 0.758 bits per heavy atom. The van der Waals surface area contributed by atoms with Crippen LogP contribution in [-0.4, -0.2) is 29.6 Å². The molecule has 0 radical (unpaired) electrons. The number of rotatable bonds is 7. The van der Waals surface area contributed by atoms with Gasteiger partial charge in [-0.3, -0.25) is 0 Å². The van der Waals surface area contributed by atoms with Crippen LogP contribution in [0.25, 0.3) is 0 Å². The van der Waals surface area contributed by atoms with E-state index in [1.165, 1.54) is 10.4 Å². The standard InChI is InChI=1S/C28H35NO2SSi/c1-27(2,3)32(30)29-26(23-16-10-7-11-17-23)22-31-33(28(4,5)6,24-18-12-8-13-19-24)25-20-14-9-15-21-25/h7-21H,22H2,1-6H3/b29-26+/t32-/m1/s1. The Kier molecular flexibility index (Phi) is 7.88. The molecule has 0 aliphatic heterocycles. The topological polar surface area (TPSA) is 38.7 Å². The van der Waals surface area contributed by atoms with E-state index in [0.29, 0.717) is 6.61 Å². The second-order valence-corrected chi connectivity index (χ2v) is 16.4. The second kappa shape index (κ2) is 10.3. The van der Waals surface area contributed by atoms with Crippen LogP contribution in [-0.2, 0) is 15.4 Å². The van der Waals surface area contributed by atoms with Gasteiger partial charge in [0.2, 0.25) is 0 Å². The van der Waals surface area contributed by atoms with Crippen molar-refractivity contribution in [3.05, 3.63) is 96.6 Å². The van der Waals surface area contributed by atoms with Crippen molar-refractivity contribution >= 4 is 35.4 Å². The van der Waals surface area contributed by atoms with Crippen LogP contribution < -0.4 is 10.4 Å². The van der Waals surface area contributed by atoms with Crippen molar-refractivity contribution in [3.63, 3.8) is 0 Å². The Bertz CT molecular complexity index is 1050. The predicted molar refractivity (Wildman–Crippen MR) is 144 cm³/mol. The predicted octanol–water partition coefficient (Wildman–Crippen LogP) is 5.51. The zero-order valence-corrected chi connectivity index (χ0v) is 22.4. The monoisotopic (exact) mass is 477 g/mol. The summed E-state index contributed by atoms with van der Waals surface area (Å²) < 4.78 is 24.3. The zero-order valence-electron chi connectivity index (χ0n) is 20.5. The third-order valence-corrected chi connectivity index (χ3v) is 12.1. The van der Waals surface area contributed by atoms with Crippen LogP contribution in [0.3, 0.4) is 0 Å². The van der Waals surface area contributed by atoms with Crippen LogP contribution in [0.2, 0.25) is 5.04 Å². The molecule has 0 spiro atoms. The van der Waals surface area contributed by atoms with E-state index in [-0.39, 0.29) is 5.04 Å².